The molecule has 0 aliphatic carbocycles. The van der Waals surface area contributed by atoms with Crippen LogP contribution in [0.15, 0.2) is 30.9 Å². The molecule has 0 spiro atoms. The highest BCUT2D eigenvalue weighted by Crippen LogP contribution is 2.24. The van der Waals surface area contributed by atoms with E-state index in [1.807, 2.05) is 19.2 Å². The summed E-state index contributed by atoms with van der Waals surface area (Å²) in [5.41, 5.74) is 1.86. The number of aromatic nitrogens is 3. The van der Waals surface area contributed by atoms with Crippen molar-refractivity contribution in [2.24, 2.45) is 0 Å². The fourth-order valence-corrected chi connectivity index (χ4v) is 1.38. The van der Waals surface area contributed by atoms with Crippen LogP contribution in [0.3, 0.4) is 0 Å². The Hall–Kier alpha value is -1.84. The van der Waals surface area contributed by atoms with Gasteiger partial charge in [-0.2, -0.15) is 5.10 Å². The SMILES string of the molecule is COc1c(C)cncc1-n1cccn1. The molecule has 0 aliphatic rings. The zero-order valence-corrected chi connectivity index (χ0v) is 8.14. The second kappa shape index (κ2) is 3.49. The third kappa shape index (κ3) is 1.35. The summed E-state index contributed by atoms with van der Waals surface area (Å²) in [5.74, 6) is 0.809. The lowest BCUT2D eigenvalue weighted by molar-refractivity contribution is 0.408. The molecule has 0 radical (unpaired) electrons. The molecule has 0 unspecified atom stereocenters. The Morgan fingerprint density at radius 3 is 2.86 bits per heavy atom. The highest BCUT2D eigenvalue weighted by molar-refractivity contribution is 5.48. The summed E-state index contributed by atoms with van der Waals surface area (Å²) in [6.45, 7) is 1.96. The van der Waals surface area contributed by atoms with Crippen molar-refractivity contribution in [1.29, 1.82) is 0 Å². The molecule has 72 valence electrons. The van der Waals surface area contributed by atoms with Gasteiger partial charge in [0.05, 0.1) is 13.3 Å². The normalized spacial score (nSPS) is 10.1. The third-order valence-corrected chi connectivity index (χ3v) is 2.01. The first-order valence-corrected chi connectivity index (χ1v) is 4.31. The van der Waals surface area contributed by atoms with Gasteiger partial charge in [0.15, 0.2) is 5.75 Å². The van der Waals surface area contributed by atoms with Gasteiger partial charge in [-0.1, -0.05) is 0 Å². The summed E-state index contributed by atoms with van der Waals surface area (Å²) in [6, 6.07) is 1.86. The van der Waals surface area contributed by atoms with Gasteiger partial charge in [0.1, 0.15) is 5.69 Å². The Morgan fingerprint density at radius 1 is 1.36 bits per heavy atom. The van der Waals surface area contributed by atoms with Crippen molar-refractivity contribution < 1.29 is 4.74 Å². The van der Waals surface area contributed by atoms with Gasteiger partial charge >= 0.3 is 0 Å². The number of pyridine rings is 1. The Labute approximate surface area is 82.2 Å². The monoisotopic (exact) mass is 189 g/mol. The highest BCUT2D eigenvalue weighted by atomic mass is 16.5. The van der Waals surface area contributed by atoms with Gasteiger partial charge in [0.25, 0.3) is 0 Å². The molecule has 14 heavy (non-hydrogen) atoms. The van der Waals surface area contributed by atoms with E-state index in [2.05, 4.69) is 10.1 Å². The van der Waals surface area contributed by atoms with E-state index in [0.29, 0.717) is 0 Å². The summed E-state index contributed by atoms with van der Waals surface area (Å²) in [5, 5.41) is 4.13. The maximum absolute atomic E-state index is 5.30. The predicted molar refractivity (Wildman–Crippen MR) is 52.6 cm³/mol. The molecule has 0 bridgehead atoms. The molecule has 0 aromatic carbocycles. The number of hydrogen-bond acceptors (Lipinski definition) is 3. The summed E-state index contributed by atoms with van der Waals surface area (Å²) >= 11 is 0. The van der Waals surface area contributed by atoms with Gasteiger partial charge < -0.3 is 4.74 Å². The number of hydrogen-bond donors (Lipinski definition) is 0. The van der Waals surface area contributed by atoms with Gasteiger partial charge in [-0.25, -0.2) is 4.68 Å². The molecule has 0 amide bonds. The molecule has 2 aromatic heterocycles. The van der Waals surface area contributed by atoms with Crippen LogP contribution in [0.25, 0.3) is 5.69 Å². The first-order chi connectivity index (χ1) is 6.83. The van der Waals surface area contributed by atoms with Crippen LogP contribution in [-0.4, -0.2) is 21.9 Å². The quantitative estimate of drug-likeness (QED) is 0.720. The van der Waals surface area contributed by atoms with E-state index in [0.717, 1.165) is 17.0 Å². The fraction of sp³-hybridized carbons (Fsp3) is 0.200. The first kappa shape index (κ1) is 8.74. The minimum absolute atomic E-state index is 0.809. The number of ether oxygens (including phenoxy) is 1. The van der Waals surface area contributed by atoms with Crippen molar-refractivity contribution in [2.75, 3.05) is 7.11 Å². The minimum atomic E-state index is 0.809. The van der Waals surface area contributed by atoms with Gasteiger partial charge in [0, 0.05) is 24.2 Å². The molecule has 0 aliphatic heterocycles. The van der Waals surface area contributed by atoms with E-state index in [4.69, 9.17) is 4.74 Å². The van der Waals surface area contributed by atoms with Crippen molar-refractivity contribution >= 4 is 0 Å². The van der Waals surface area contributed by atoms with E-state index < -0.39 is 0 Å². The second-order valence-electron chi connectivity index (χ2n) is 2.96. The lowest BCUT2D eigenvalue weighted by Crippen LogP contribution is -2.00. The third-order valence-electron chi connectivity index (χ3n) is 2.01. The number of aryl methyl sites for hydroxylation is 1. The maximum Gasteiger partial charge on any atom is 0.150 e. The van der Waals surface area contributed by atoms with Crippen molar-refractivity contribution in [3.8, 4) is 11.4 Å². The minimum Gasteiger partial charge on any atom is -0.494 e. The van der Waals surface area contributed by atoms with Gasteiger partial charge in [0.2, 0.25) is 0 Å². The molecule has 0 saturated heterocycles. The Morgan fingerprint density at radius 2 is 2.21 bits per heavy atom. The zero-order valence-electron chi connectivity index (χ0n) is 8.14. The molecular formula is C10H11N3O. The van der Waals surface area contributed by atoms with E-state index >= 15 is 0 Å². The van der Waals surface area contributed by atoms with Gasteiger partial charge in [-0.3, -0.25) is 4.98 Å². The number of nitrogens with zero attached hydrogens (tertiary/aromatic N) is 3. The molecule has 0 saturated carbocycles. The maximum atomic E-state index is 5.30. The van der Waals surface area contributed by atoms with Crippen molar-refractivity contribution in [1.82, 2.24) is 14.8 Å². The van der Waals surface area contributed by atoms with E-state index in [9.17, 15) is 0 Å². The van der Waals surface area contributed by atoms with Gasteiger partial charge in [-0.05, 0) is 13.0 Å². The van der Waals surface area contributed by atoms with Crippen molar-refractivity contribution in [3.63, 3.8) is 0 Å². The lowest BCUT2D eigenvalue weighted by atomic mass is 10.2. The zero-order chi connectivity index (χ0) is 9.97. The van der Waals surface area contributed by atoms with E-state index in [1.165, 1.54) is 0 Å². The van der Waals surface area contributed by atoms with Crippen LogP contribution in [-0.2, 0) is 0 Å². The average Bonchev–Trinajstić information content (AvgIpc) is 2.70. The van der Waals surface area contributed by atoms with Crippen molar-refractivity contribution in [2.45, 2.75) is 6.92 Å². The molecular weight excluding hydrogens is 178 g/mol. The van der Waals surface area contributed by atoms with E-state index in [1.54, 1.807) is 30.4 Å². The molecule has 2 aromatic rings. The predicted octanol–water partition coefficient (Wildman–Crippen LogP) is 1.58. The standard InChI is InChI=1S/C10H11N3O/c1-8-6-11-7-9(10(8)14-2)13-5-3-4-12-13/h3-7H,1-2H3. The number of methoxy groups -OCH3 is 1. The van der Waals surface area contributed by atoms with Crippen LogP contribution < -0.4 is 4.74 Å². The van der Waals surface area contributed by atoms with Crippen LogP contribution in [0.5, 0.6) is 5.75 Å². The van der Waals surface area contributed by atoms with E-state index in [-0.39, 0.29) is 0 Å². The van der Waals surface area contributed by atoms with Gasteiger partial charge in [-0.15, -0.1) is 0 Å². The Bertz CT molecular complexity index is 423. The summed E-state index contributed by atoms with van der Waals surface area (Å²) in [6.07, 6.45) is 7.09. The summed E-state index contributed by atoms with van der Waals surface area (Å²) in [4.78, 5) is 4.11. The van der Waals surface area contributed by atoms with Crippen LogP contribution >= 0.6 is 0 Å². The molecule has 4 nitrogen and oxygen atoms in total. The number of rotatable bonds is 2. The summed E-state index contributed by atoms with van der Waals surface area (Å²) < 4.78 is 7.03. The molecule has 0 fully saturated rings. The summed E-state index contributed by atoms with van der Waals surface area (Å²) in [7, 11) is 1.65. The topological polar surface area (TPSA) is 39.9 Å². The Kier molecular flexibility index (Phi) is 2.18. The smallest absolute Gasteiger partial charge is 0.150 e. The fourth-order valence-electron chi connectivity index (χ4n) is 1.38. The average molecular weight is 189 g/mol. The molecule has 2 rings (SSSR count). The molecule has 0 N–H and O–H groups in total. The van der Waals surface area contributed by atoms with Crippen molar-refractivity contribution in [3.05, 3.63) is 36.4 Å². The second-order valence-corrected chi connectivity index (χ2v) is 2.96. The lowest BCUT2D eigenvalue weighted by Gasteiger charge is -2.09. The van der Waals surface area contributed by atoms with Crippen LogP contribution in [0.4, 0.5) is 0 Å². The Balaban J connectivity index is 2.58. The first-order valence-electron chi connectivity index (χ1n) is 4.31. The van der Waals surface area contributed by atoms with Crippen LogP contribution in [0, 0.1) is 6.92 Å². The van der Waals surface area contributed by atoms with Crippen LogP contribution in [0.2, 0.25) is 0 Å². The van der Waals surface area contributed by atoms with Crippen LogP contribution in [0.1, 0.15) is 5.56 Å². The highest BCUT2D eigenvalue weighted by Gasteiger charge is 2.07. The molecule has 4 heteroatoms. The molecule has 2 heterocycles. The molecule has 0 atom stereocenters. The largest absolute Gasteiger partial charge is 0.494 e.